The van der Waals surface area contributed by atoms with Gasteiger partial charge in [-0.2, -0.15) is 0 Å². The number of nitrogens with one attached hydrogen (secondary N) is 2. The number of amides is 2. The maximum Gasteiger partial charge on any atom is 0.264 e. The van der Waals surface area contributed by atoms with Crippen molar-refractivity contribution in [3.05, 3.63) is 85.7 Å². The molecule has 1 saturated heterocycles. The van der Waals surface area contributed by atoms with Crippen molar-refractivity contribution in [3.63, 3.8) is 0 Å². The van der Waals surface area contributed by atoms with Crippen molar-refractivity contribution in [1.82, 2.24) is 5.32 Å². The van der Waals surface area contributed by atoms with Crippen LogP contribution in [-0.2, 0) is 9.59 Å². The molecule has 4 rings (SSSR count). The molecule has 0 aromatic heterocycles. The predicted octanol–water partition coefficient (Wildman–Crippen LogP) is 7.06. The van der Waals surface area contributed by atoms with Gasteiger partial charge in [0, 0.05) is 5.69 Å². The van der Waals surface area contributed by atoms with E-state index < -0.39 is 0 Å². The molecule has 1 heterocycles. The van der Waals surface area contributed by atoms with Crippen LogP contribution in [0.1, 0.15) is 12.5 Å². The van der Waals surface area contributed by atoms with E-state index in [0.29, 0.717) is 59.6 Å². The SMILES string of the molecule is CCOc1cc(/C=C2/SC(=Nc3cccc(Cl)c3Cl)NC2=O)cc(Br)c1OCC(=O)Nc1ccccc1. The first-order chi connectivity index (χ1) is 17.8. The number of carbonyl (C=O) groups excluding carboxylic acids is 2. The molecule has 0 atom stereocenters. The number of aliphatic imine (C=N–C) groups is 1. The summed E-state index contributed by atoms with van der Waals surface area (Å²) in [6.07, 6.45) is 1.71. The number of hydrogen-bond acceptors (Lipinski definition) is 6. The fraction of sp³-hybridized carbons (Fsp3) is 0.115. The minimum atomic E-state index is -0.308. The van der Waals surface area contributed by atoms with Crippen LogP contribution in [0.5, 0.6) is 11.5 Å². The highest BCUT2D eigenvalue weighted by Gasteiger charge is 2.25. The van der Waals surface area contributed by atoms with E-state index in [-0.39, 0.29) is 18.4 Å². The Morgan fingerprint density at radius 1 is 1.14 bits per heavy atom. The number of nitrogens with zero attached hydrogens (tertiary/aromatic N) is 1. The largest absolute Gasteiger partial charge is 0.490 e. The van der Waals surface area contributed by atoms with Crippen molar-refractivity contribution in [3.8, 4) is 11.5 Å². The third-order valence-corrected chi connectivity index (χ3v) is 7.15. The Kier molecular flexibility index (Phi) is 9.15. The summed E-state index contributed by atoms with van der Waals surface area (Å²) in [6.45, 7) is 2.01. The monoisotopic (exact) mass is 619 g/mol. The third-order valence-electron chi connectivity index (χ3n) is 4.84. The molecule has 0 unspecified atom stereocenters. The van der Waals surface area contributed by atoms with E-state index in [1.54, 1.807) is 48.5 Å². The van der Waals surface area contributed by atoms with Gasteiger partial charge < -0.3 is 20.1 Å². The van der Waals surface area contributed by atoms with Crippen LogP contribution < -0.4 is 20.1 Å². The molecule has 3 aromatic rings. The first-order valence-corrected chi connectivity index (χ1v) is 13.4. The van der Waals surface area contributed by atoms with Crippen molar-refractivity contribution >= 4 is 85.3 Å². The number of halogens is 3. The van der Waals surface area contributed by atoms with Crippen LogP contribution in [-0.4, -0.2) is 30.2 Å². The first-order valence-electron chi connectivity index (χ1n) is 11.0. The average Bonchev–Trinajstić information content (AvgIpc) is 3.20. The summed E-state index contributed by atoms with van der Waals surface area (Å²) in [5.41, 5.74) is 1.82. The second kappa shape index (κ2) is 12.5. The van der Waals surface area contributed by atoms with Crippen LogP contribution in [0.25, 0.3) is 6.08 Å². The van der Waals surface area contributed by atoms with Gasteiger partial charge in [-0.25, -0.2) is 4.99 Å². The van der Waals surface area contributed by atoms with Gasteiger partial charge in [0.05, 0.1) is 31.7 Å². The minimum absolute atomic E-state index is 0.210. The maximum absolute atomic E-state index is 12.6. The third kappa shape index (κ3) is 7.07. The Hall–Kier alpha value is -2.98. The standard InChI is InChI=1S/C26H20BrCl2N3O4S/c1-2-35-20-12-15(11-17(27)24(20)36-14-22(33)30-16-7-4-3-5-8-16)13-21-25(34)32-26(37-21)31-19-10-6-9-18(28)23(19)29/h3-13H,2,14H2,1H3,(H,30,33)(H,31,32,34)/b21-13+. The molecule has 7 nitrogen and oxygen atoms in total. The van der Waals surface area contributed by atoms with Gasteiger partial charge in [0.15, 0.2) is 23.3 Å². The molecule has 0 spiro atoms. The molecule has 0 saturated carbocycles. The number of hydrogen-bond donors (Lipinski definition) is 2. The van der Waals surface area contributed by atoms with Gasteiger partial charge >= 0.3 is 0 Å². The van der Waals surface area contributed by atoms with E-state index in [1.807, 2.05) is 25.1 Å². The second-order valence-electron chi connectivity index (χ2n) is 7.52. The number of carbonyl (C=O) groups is 2. The van der Waals surface area contributed by atoms with Crippen LogP contribution in [0.3, 0.4) is 0 Å². The van der Waals surface area contributed by atoms with Gasteiger partial charge in [0.2, 0.25) is 0 Å². The molecular weight excluding hydrogens is 601 g/mol. The van der Waals surface area contributed by atoms with Crippen LogP contribution in [0.15, 0.2) is 75.0 Å². The molecule has 3 aromatic carbocycles. The van der Waals surface area contributed by atoms with Gasteiger partial charge in [-0.1, -0.05) is 47.5 Å². The Bertz CT molecular complexity index is 1400. The summed E-state index contributed by atoms with van der Waals surface area (Å²) in [5, 5.41) is 6.57. The molecular formula is C26H20BrCl2N3O4S. The van der Waals surface area contributed by atoms with Crippen molar-refractivity contribution in [2.24, 2.45) is 4.99 Å². The van der Waals surface area contributed by atoms with E-state index in [9.17, 15) is 9.59 Å². The highest BCUT2D eigenvalue weighted by atomic mass is 79.9. The topological polar surface area (TPSA) is 89.0 Å². The molecule has 1 aliphatic heterocycles. The van der Waals surface area contributed by atoms with E-state index in [0.717, 1.165) is 0 Å². The normalized spacial score (nSPS) is 15.1. The van der Waals surface area contributed by atoms with Crippen LogP contribution in [0.2, 0.25) is 10.0 Å². The molecule has 1 fully saturated rings. The number of rotatable bonds is 8. The lowest BCUT2D eigenvalue weighted by atomic mass is 10.2. The van der Waals surface area contributed by atoms with Gasteiger partial charge in [-0.3, -0.25) is 9.59 Å². The first kappa shape index (κ1) is 27.1. The summed E-state index contributed by atoms with van der Waals surface area (Å²) >= 11 is 16.9. The summed E-state index contributed by atoms with van der Waals surface area (Å²) in [6, 6.07) is 17.7. The molecule has 190 valence electrons. The molecule has 0 radical (unpaired) electrons. The Morgan fingerprint density at radius 2 is 1.92 bits per heavy atom. The van der Waals surface area contributed by atoms with Crippen LogP contribution in [0, 0.1) is 0 Å². The predicted molar refractivity (Wildman–Crippen MR) is 153 cm³/mol. The van der Waals surface area contributed by atoms with E-state index in [2.05, 4.69) is 31.6 Å². The number of anilines is 1. The highest BCUT2D eigenvalue weighted by Crippen LogP contribution is 2.39. The molecule has 11 heteroatoms. The zero-order chi connectivity index (χ0) is 26.4. The van der Waals surface area contributed by atoms with Gasteiger partial charge in [-0.15, -0.1) is 0 Å². The van der Waals surface area contributed by atoms with Crippen LogP contribution in [0.4, 0.5) is 11.4 Å². The number of benzene rings is 3. The van der Waals surface area contributed by atoms with Gasteiger partial charge in [0.1, 0.15) is 0 Å². The highest BCUT2D eigenvalue weighted by molar-refractivity contribution is 9.10. The van der Waals surface area contributed by atoms with E-state index in [1.165, 1.54) is 11.8 Å². The van der Waals surface area contributed by atoms with Crippen molar-refractivity contribution in [1.29, 1.82) is 0 Å². The van der Waals surface area contributed by atoms with Crippen molar-refractivity contribution in [2.75, 3.05) is 18.5 Å². The maximum atomic E-state index is 12.6. The fourth-order valence-electron chi connectivity index (χ4n) is 3.25. The summed E-state index contributed by atoms with van der Waals surface area (Å²) in [4.78, 5) is 29.7. The van der Waals surface area contributed by atoms with Crippen molar-refractivity contribution < 1.29 is 19.1 Å². The lowest BCUT2D eigenvalue weighted by molar-refractivity contribution is -0.118. The molecule has 2 N–H and O–H groups in total. The van der Waals surface area contributed by atoms with E-state index in [4.69, 9.17) is 32.7 Å². The van der Waals surface area contributed by atoms with Gasteiger partial charge in [-0.05, 0) is 82.7 Å². The Labute approximate surface area is 236 Å². The Balaban J connectivity index is 1.51. The molecule has 0 bridgehead atoms. The average molecular weight is 621 g/mol. The lowest BCUT2D eigenvalue weighted by Gasteiger charge is -2.15. The number of para-hydroxylation sites is 1. The number of thioether (sulfide) groups is 1. The molecule has 0 aliphatic carbocycles. The second-order valence-corrected chi connectivity index (χ2v) is 10.2. The number of ether oxygens (including phenoxy) is 2. The zero-order valence-corrected chi connectivity index (χ0v) is 23.3. The van der Waals surface area contributed by atoms with Crippen LogP contribution >= 0.6 is 50.9 Å². The molecule has 1 aliphatic rings. The number of amidine groups is 1. The van der Waals surface area contributed by atoms with Gasteiger partial charge in [0.25, 0.3) is 11.8 Å². The lowest BCUT2D eigenvalue weighted by Crippen LogP contribution is -2.20. The summed E-state index contributed by atoms with van der Waals surface area (Å²) in [5.74, 6) is 0.208. The summed E-state index contributed by atoms with van der Waals surface area (Å²) in [7, 11) is 0. The smallest absolute Gasteiger partial charge is 0.264 e. The van der Waals surface area contributed by atoms with E-state index >= 15 is 0 Å². The fourth-order valence-corrected chi connectivity index (χ4v) is 5.00. The Morgan fingerprint density at radius 3 is 2.68 bits per heavy atom. The van der Waals surface area contributed by atoms with Crippen molar-refractivity contribution in [2.45, 2.75) is 6.92 Å². The quantitative estimate of drug-likeness (QED) is 0.263. The zero-order valence-electron chi connectivity index (χ0n) is 19.4. The summed E-state index contributed by atoms with van der Waals surface area (Å²) < 4.78 is 12.1. The minimum Gasteiger partial charge on any atom is -0.490 e. The molecule has 2 amide bonds. The molecule has 37 heavy (non-hydrogen) atoms.